The fraction of sp³-hybridized carbons (Fsp3) is 0.423. The molecule has 1 heterocycles. The third-order valence-electron chi connectivity index (χ3n) is 6.50. The van der Waals surface area contributed by atoms with E-state index in [1.165, 1.54) is 19.1 Å². The molecule has 0 radical (unpaired) electrons. The van der Waals surface area contributed by atoms with Crippen molar-refractivity contribution in [3.05, 3.63) is 47.0 Å². The second-order valence-corrected chi connectivity index (χ2v) is 11.3. The highest BCUT2D eigenvalue weighted by atomic mass is 35.5. The van der Waals surface area contributed by atoms with Gasteiger partial charge in [-0.3, -0.25) is 23.5 Å². The van der Waals surface area contributed by atoms with Crippen LogP contribution in [0.4, 0.5) is 24.5 Å². The first-order valence-electron chi connectivity index (χ1n) is 12.5. The minimum atomic E-state index is -4.81. The largest absolute Gasteiger partial charge is 0.454 e. The molecule has 216 valence electrons. The number of hydrogen-bond acceptors (Lipinski definition) is 6. The Balaban J connectivity index is 1.49. The predicted octanol–water partition coefficient (Wildman–Crippen LogP) is 4.26. The number of amides is 3. The molecule has 0 bridgehead atoms. The van der Waals surface area contributed by atoms with Crippen molar-refractivity contribution in [2.75, 3.05) is 28.5 Å². The van der Waals surface area contributed by atoms with Crippen molar-refractivity contribution >= 4 is 51.5 Å². The van der Waals surface area contributed by atoms with Crippen LogP contribution in [-0.4, -0.2) is 52.3 Å². The molecule has 40 heavy (non-hydrogen) atoms. The van der Waals surface area contributed by atoms with Crippen molar-refractivity contribution in [1.82, 2.24) is 5.32 Å². The molecule has 2 aliphatic rings. The molecule has 9 nitrogen and oxygen atoms in total. The van der Waals surface area contributed by atoms with Crippen molar-refractivity contribution in [2.45, 2.75) is 50.9 Å². The highest BCUT2D eigenvalue weighted by molar-refractivity contribution is 7.86. The Morgan fingerprint density at radius 3 is 2.48 bits per heavy atom. The van der Waals surface area contributed by atoms with Crippen LogP contribution in [0.15, 0.2) is 36.4 Å². The van der Waals surface area contributed by atoms with Gasteiger partial charge in [0.15, 0.2) is 11.5 Å². The van der Waals surface area contributed by atoms with E-state index < -0.39 is 62.8 Å². The first kappa shape index (κ1) is 29.7. The summed E-state index contributed by atoms with van der Waals surface area (Å²) < 4.78 is 63.9. The SMILES string of the molecule is C[C@@H](C(=O)NC1CCCC1)N(C(=O)C[S@](=O)CC(=O)Nc1ccc2c(c1)OCO2)c1ccc(Cl)c(C(F)(F)F)c1. The molecule has 1 aliphatic heterocycles. The molecule has 2 aromatic carbocycles. The molecule has 0 saturated heterocycles. The molecule has 1 saturated carbocycles. The number of ether oxygens (including phenoxy) is 2. The summed E-state index contributed by atoms with van der Waals surface area (Å²) in [7, 11) is -2.05. The van der Waals surface area contributed by atoms with Crippen LogP contribution in [0, 0.1) is 0 Å². The molecule has 0 aromatic heterocycles. The van der Waals surface area contributed by atoms with Gasteiger partial charge in [-0.2, -0.15) is 13.2 Å². The number of anilines is 2. The van der Waals surface area contributed by atoms with Gasteiger partial charge in [-0.1, -0.05) is 24.4 Å². The second kappa shape index (κ2) is 12.5. The third-order valence-corrected chi connectivity index (χ3v) is 7.99. The van der Waals surface area contributed by atoms with E-state index in [0.29, 0.717) is 23.3 Å². The fourth-order valence-corrected chi connectivity index (χ4v) is 5.65. The maximum Gasteiger partial charge on any atom is 0.417 e. The average Bonchev–Trinajstić information content (AvgIpc) is 3.55. The van der Waals surface area contributed by atoms with Gasteiger partial charge in [0.2, 0.25) is 24.5 Å². The van der Waals surface area contributed by atoms with Gasteiger partial charge in [-0.05, 0) is 50.1 Å². The number of halogens is 4. The lowest BCUT2D eigenvalue weighted by Gasteiger charge is -2.30. The first-order valence-corrected chi connectivity index (χ1v) is 14.3. The van der Waals surface area contributed by atoms with Gasteiger partial charge < -0.3 is 20.1 Å². The second-order valence-electron chi connectivity index (χ2n) is 9.44. The van der Waals surface area contributed by atoms with Gasteiger partial charge in [0.05, 0.1) is 10.6 Å². The number of carbonyl (C=O) groups is 3. The highest BCUT2D eigenvalue weighted by Gasteiger charge is 2.36. The topological polar surface area (TPSA) is 114 Å². The Kier molecular flexibility index (Phi) is 9.24. The molecular formula is C26H27ClF3N3O6S. The summed E-state index contributed by atoms with van der Waals surface area (Å²) in [5.74, 6) is -2.45. The summed E-state index contributed by atoms with van der Waals surface area (Å²) in [5.41, 5.74) is -1.06. The summed E-state index contributed by atoms with van der Waals surface area (Å²) in [4.78, 5) is 39.7. The lowest BCUT2D eigenvalue weighted by Crippen LogP contribution is -2.51. The van der Waals surface area contributed by atoms with Gasteiger partial charge in [-0.25, -0.2) is 0 Å². The first-order chi connectivity index (χ1) is 18.9. The number of benzene rings is 2. The van der Waals surface area contributed by atoms with Gasteiger partial charge in [0, 0.05) is 34.3 Å². The van der Waals surface area contributed by atoms with Crippen LogP contribution in [0.2, 0.25) is 5.02 Å². The molecule has 4 rings (SSSR count). The summed E-state index contributed by atoms with van der Waals surface area (Å²) in [6.07, 6.45) is -1.43. The van der Waals surface area contributed by atoms with Crippen LogP contribution < -0.4 is 25.0 Å². The highest BCUT2D eigenvalue weighted by Crippen LogP contribution is 2.37. The Morgan fingerprint density at radius 2 is 1.77 bits per heavy atom. The summed E-state index contributed by atoms with van der Waals surface area (Å²) >= 11 is 5.75. The van der Waals surface area contributed by atoms with Gasteiger partial charge >= 0.3 is 6.18 Å². The average molecular weight is 602 g/mol. The predicted molar refractivity (Wildman–Crippen MR) is 143 cm³/mol. The maximum atomic E-state index is 13.6. The van der Waals surface area contributed by atoms with Crippen molar-refractivity contribution in [3.8, 4) is 11.5 Å². The van der Waals surface area contributed by atoms with Crippen LogP contribution in [-0.2, 0) is 31.4 Å². The molecule has 0 spiro atoms. The van der Waals surface area contributed by atoms with Gasteiger partial charge in [0.1, 0.15) is 17.5 Å². The van der Waals surface area contributed by atoms with Crippen molar-refractivity contribution in [1.29, 1.82) is 0 Å². The lowest BCUT2D eigenvalue weighted by molar-refractivity contribution is -0.137. The summed E-state index contributed by atoms with van der Waals surface area (Å²) in [6, 6.07) is 6.20. The Bertz CT molecular complexity index is 1320. The quantitative estimate of drug-likeness (QED) is 0.444. The molecule has 2 aromatic rings. The normalized spacial score (nSPS) is 16.3. The molecule has 3 amide bonds. The van der Waals surface area contributed by atoms with Crippen molar-refractivity contribution in [2.24, 2.45) is 0 Å². The Labute approximate surface area is 235 Å². The number of alkyl halides is 3. The molecule has 1 fully saturated rings. The fourth-order valence-electron chi connectivity index (χ4n) is 4.55. The molecule has 2 atom stereocenters. The van der Waals surface area contributed by atoms with Crippen LogP contribution >= 0.6 is 11.6 Å². The minimum Gasteiger partial charge on any atom is -0.454 e. The molecule has 14 heteroatoms. The smallest absolute Gasteiger partial charge is 0.417 e. The Morgan fingerprint density at radius 1 is 1.07 bits per heavy atom. The number of fused-ring (bicyclic) bond motifs is 1. The lowest BCUT2D eigenvalue weighted by atomic mass is 10.1. The number of carbonyl (C=O) groups excluding carboxylic acids is 3. The van der Waals surface area contributed by atoms with E-state index in [1.807, 2.05) is 0 Å². The summed E-state index contributed by atoms with van der Waals surface area (Å²) in [6.45, 7) is 1.42. The molecule has 1 aliphatic carbocycles. The van der Waals surface area contributed by atoms with Crippen LogP contribution in [0.1, 0.15) is 38.2 Å². The molecule has 0 unspecified atom stereocenters. The van der Waals surface area contributed by atoms with Crippen molar-refractivity contribution < 1.29 is 41.2 Å². The molecule has 2 N–H and O–H groups in total. The zero-order valence-electron chi connectivity index (χ0n) is 21.4. The zero-order chi connectivity index (χ0) is 29.0. The number of nitrogens with zero attached hydrogens (tertiary/aromatic N) is 1. The van der Waals surface area contributed by atoms with Crippen LogP contribution in [0.3, 0.4) is 0 Å². The van der Waals surface area contributed by atoms with Crippen LogP contribution in [0.25, 0.3) is 0 Å². The number of nitrogens with one attached hydrogen (secondary N) is 2. The van der Waals surface area contributed by atoms with Gasteiger partial charge in [0.25, 0.3) is 0 Å². The third kappa shape index (κ3) is 7.25. The van der Waals surface area contributed by atoms with Crippen molar-refractivity contribution in [3.63, 3.8) is 0 Å². The van der Waals surface area contributed by atoms with E-state index in [2.05, 4.69) is 10.6 Å². The molecular weight excluding hydrogens is 575 g/mol. The van der Waals surface area contributed by atoms with E-state index in [0.717, 1.165) is 36.6 Å². The monoisotopic (exact) mass is 601 g/mol. The Hall–Kier alpha value is -3.32. The van der Waals surface area contributed by atoms with Gasteiger partial charge in [-0.15, -0.1) is 0 Å². The summed E-state index contributed by atoms with van der Waals surface area (Å²) in [5, 5.41) is 4.81. The minimum absolute atomic E-state index is 0.0462. The van der Waals surface area contributed by atoms with E-state index in [1.54, 1.807) is 12.1 Å². The van der Waals surface area contributed by atoms with E-state index in [-0.39, 0.29) is 18.5 Å². The number of rotatable bonds is 9. The van der Waals surface area contributed by atoms with E-state index in [9.17, 15) is 31.8 Å². The number of hydrogen-bond donors (Lipinski definition) is 2. The standard InChI is InChI=1S/C26H27ClF3N3O6S/c1-15(25(36)32-16-4-2-3-5-16)33(18-7-8-20(27)19(11-18)26(28,29)30)24(35)13-40(37)12-23(34)31-17-6-9-21-22(10-17)39-14-38-21/h6-11,15-16H,2-5,12-14H2,1H3,(H,31,34)(H,32,36)/t15-,40+/m0/s1. The zero-order valence-corrected chi connectivity index (χ0v) is 23.0. The van der Waals surface area contributed by atoms with Crippen LogP contribution in [0.5, 0.6) is 11.5 Å². The van der Waals surface area contributed by atoms with E-state index >= 15 is 0 Å². The van der Waals surface area contributed by atoms with E-state index in [4.69, 9.17) is 21.1 Å². The maximum absolute atomic E-state index is 13.6.